The second-order valence-electron chi connectivity index (χ2n) is 8.23. The summed E-state index contributed by atoms with van der Waals surface area (Å²) in [5.41, 5.74) is 3.92. The van der Waals surface area contributed by atoms with Crippen molar-refractivity contribution in [2.45, 2.75) is 45.4 Å². The van der Waals surface area contributed by atoms with Crippen molar-refractivity contribution in [3.63, 3.8) is 0 Å². The third-order valence-electron chi connectivity index (χ3n) is 6.14. The molecule has 0 aromatic heterocycles. The number of amides is 1. The fourth-order valence-corrected chi connectivity index (χ4v) is 4.29. The molecule has 1 amide bonds. The van der Waals surface area contributed by atoms with Crippen molar-refractivity contribution in [3.05, 3.63) is 52.6 Å². The predicted octanol–water partition coefficient (Wildman–Crippen LogP) is 1.83. The lowest BCUT2D eigenvalue weighted by Crippen LogP contribution is -2.37. The lowest BCUT2D eigenvalue weighted by atomic mass is 9.94. The maximum Gasteiger partial charge on any atom is 0.253 e. The van der Waals surface area contributed by atoms with Gasteiger partial charge in [-0.15, -0.1) is 0 Å². The van der Waals surface area contributed by atoms with Gasteiger partial charge in [0.05, 0.1) is 25.9 Å². The van der Waals surface area contributed by atoms with E-state index in [-0.39, 0.29) is 11.4 Å². The normalized spacial score (nSPS) is 21.1. The molecule has 1 fully saturated rings. The van der Waals surface area contributed by atoms with E-state index in [0.29, 0.717) is 31.7 Å². The molecule has 1 aliphatic carbocycles. The lowest BCUT2D eigenvalue weighted by molar-refractivity contribution is -0.128. The van der Waals surface area contributed by atoms with E-state index in [1.54, 1.807) is 0 Å². The molecule has 31 heavy (non-hydrogen) atoms. The number of hydrogen-bond acceptors (Lipinski definition) is 5. The van der Waals surface area contributed by atoms with E-state index in [1.807, 2.05) is 23.1 Å². The molecule has 1 aromatic rings. The molecule has 2 heterocycles. The summed E-state index contributed by atoms with van der Waals surface area (Å²) in [5.74, 6) is 0.795. The van der Waals surface area contributed by atoms with Gasteiger partial charge in [0.2, 0.25) is 0 Å². The summed E-state index contributed by atoms with van der Waals surface area (Å²) < 4.78 is 11.3. The van der Waals surface area contributed by atoms with Gasteiger partial charge < -0.3 is 25.0 Å². The Morgan fingerprint density at radius 1 is 1.23 bits per heavy atom. The first-order valence-corrected chi connectivity index (χ1v) is 11.1. The predicted molar refractivity (Wildman–Crippen MR) is 119 cm³/mol. The molecule has 1 aromatic carbocycles. The first-order chi connectivity index (χ1) is 14.6. The van der Waals surface area contributed by atoms with E-state index >= 15 is 0 Å². The standard InChI is InChI=1S/C24H32N2O4.H2O/c1-2-18-4-7-23(27)22(14-18)24(28)26-16-19-5-6-21(15-20(19)17-26)30-11-3-8-25-9-12-29-13-10-25;/h4-6,14-15,23,27H,2-3,7-13,16-17H2,1H3;1H2. The van der Waals surface area contributed by atoms with Crippen LogP contribution in [0.15, 0.2) is 41.5 Å². The highest BCUT2D eigenvalue weighted by atomic mass is 16.5. The van der Waals surface area contributed by atoms with Crippen LogP contribution in [0.1, 0.15) is 37.3 Å². The molecule has 170 valence electrons. The third-order valence-corrected chi connectivity index (χ3v) is 6.14. The van der Waals surface area contributed by atoms with Crippen molar-refractivity contribution in [3.8, 4) is 5.75 Å². The first-order valence-electron chi connectivity index (χ1n) is 11.1. The highest BCUT2D eigenvalue weighted by molar-refractivity contribution is 5.95. The number of aliphatic hydroxyl groups is 1. The maximum atomic E-state index is 13.0. The van der Waals surface area contributed by atoms with Crippen LogP contribution in [-0.2, 0) is 22.6 Å². The van der Waals surface area contributed by atoms with Gasteiger partial charge in [0, 0.05) is 38.3 Å². The molecule has 7 heteroatoms. The van der Waals surface area contributed by atoms with Crippen LogP contribution in [0, 0.1) is 0 Å². The Labute approximate surface area is 184 Å². The monoisotopic (exact) mass is 430 g/mol. The topological polar surface area (TPSA) is 93.7 Å². The van der Waals surface area contributed by atoms with Crippen LogP contribution in [0.3, 0.4) is 0 Å². The van der Waals surface area contributed by atoms with E-state index < -0.39 is 6.10 Å². The minimum Gasteiger partial charge on any atom is -0.494 e. The Bertz CT molecular complexity index is 829. The number of nitrogens with zero attached hydrogens (tertiary/aromatic N) is 2. The Morgan fingerprint density at radius 2 is 2.00 bits per heavy atom. The summed E-state index contributed by atoms with van der Waals surface area (Å²) in [6.07, 6.45) is 5.55. The SMILES string of the molecule is CCC1=CCC(O)C(C(=O)N2Cc3ccc(OCCCN4CCOCC4)cc3C2)=C1.O. The van der Waals surface area contributed by atoms with E-state index in [0.717, 1.165) is 68.1 Å². The average molecular weight is 431 g/mol. The maximum absolute atomic E-state index is 13.0. The van der Waals surface area contributed by atoms with Gasteiger partial charge in [0.15, 0.2) is 0 Å². The molecule has 2 aliphatic heterocycles. The molecule has 0 saturated carbocycles. The summed E-state index contributed by atoms with van der Waals surface area (Å²) in [5, 5.41) is 10.3. The summed E-state index contributed by atoms with van der Waals surface area (Å²) in [6.45, 7) is 8.58. The molecule has 0 radical (unpaired) electrons. The van der Waals surface area contributed by atoms with Gasteiger partial charge in [0.25, 0.3) is 5.91 Å². The van der Waals surface area contributed by atoms with E-state index in [1.165, 1.54) is 0 Å². The number of allylic oxidation sites excluding steroid dienone is 2. The van der Waals surface area contributed by atoms with E-state index in [9.17, 15) is 9.90 Å². The smallest absolute Gasteiger partial charge is 0.253 e. The zero-order valence-electron chi connectivity index (χ0n) is 18.3. The summed E-state index contributed by atoms with van der Waals surface area (Å²) >= 11 is 0. The van der Waals surface area contributed by atoms with Crippen molar-refractivity contribution < 1.29 is 24.9 Å². The van der Waals surface area contributed by atoms with Crippen LogP contribution in [-0.4, -0.2) is 71.8 Å². The molecule has 1 unspecified atom stereocenters. The Hall–Kier alpha value is -2.19. The van der Waals surface area contributed by atoms with Crippen molar-refractivity contribution in [2.75, 3.05) is 39.5 Å². The molecule has 1 saturated heterocycles. The van der Waals surface area contributed by atoms with E-state index in [4.69, 9.17) is 9.47 Å². The van der Waals surface area contributed by atoms with Crippen LogP contribution in [0.4, 0.5) is 0 Å². The number of benzene rings is 1. The lowest BCUT2D eigenvalue weighted by Gasteiger charge is -2.26. The number of aliphatic hydroxyl groups excluding tert-OH is 1. The van der Waals surface area contributed by atoms with Gasteiger partial charge in [-0.05, 0) is 48.6 Å². The minimum absolute atomic E-state index is 0. The first kappa shape index (κ1) is 23.5. The third kappa shape index (κ3) is 5.74. The number of hydrogen-bond donors (Lipinski definition) is 1. The van der Waals surface area contributed by atoms with Gasteiger partial charge in [0.1, 0.15) is 5.75 Å². The van der Waals surface area contributed by atoms with Gasteiger partial charge in [-0.1, -0.05) is 24.6 Å². The van der Waals surface area contributed by atoms with Crippen LogP contribution in [0.25, 0.3) is 0 Å². The zero-order valence-corrected chi connectivity index (χ0v) is 18.3. The van der Waals surface area contributed by atoms with Crippen molar-refractivity contribution in [1.29, 1.82) is 0 Å². The van der Waals surface area contributed by atoms with Gasteiger partial charge >= 0.3 is 0 Å². The molecule has 4 rings (SSSR count). The number of rotatable bonds is 7. The van der Waals surface area contributed by atoms with Crippen molar-refractivity contribution in [1.82, 2.24) is 9.80 Å². The second kappa shape index (κ2) is 10.9. The molecule has 1 atom stereocenters. The molecule has 0 spiro atoms. The fourth-order valence-electron chi connectivity index (χ4n) is 4.29. The molecule has 3 N–H and O–H groups in total. The fraction of sp³-hybridized carbons (Fsp3) is 0.542. The summed E-state index contributed by atoms with van der Waals surface area (Å²) in [4.78, 5) is 17.2. The molecular weight excluding hydrogens is 396 g/mol. The van der Waals surface area contributed by atoms with E-state index in [2.05, 4.69) is 24.0 Å². The van der Waals surface area contributed by atoms with Gasteiger partial charge in [-0.2, -0.15) is 0 Å². The molecular formula is C24H34N2O5. The number of fused-ring (bicyclic) bond motifs is 1. The molecule has 3 aliphatic rings. The second-order valence-corrected chi connectivity index (χ2v) is 8.23. The van der Waals surface area contributed by atoms with Gasteiger partial charge in [-0.3, -0.25) is 9.69 Å². The number of carbonyl (C=O) groups excluding carboxylic acids is 1. The number of carbonyl (C=O) groups is 1. The van der Waals surface area contributed by atoms with Crippen LogP contribution in [0.2, 0.25) is 0 Å². The van der Waals surface area contributed by atoms with Crippen molar-refractivity contribution >= 4 is 5.91 Å². The number of ether oxygens (including phenoxy) is 2. The quantitative estimate of drug-likeness (QED) is 0.666. The number of morpholine rings is 1. The summed E-state index contributed by atoms with van der Waals surface area (Å²) in [6, 6.07) is 6.11. The largest absolute Gasteiger partial charge is 0.494 e. The zero-order chi connectivity index (χ0) is 20.9. The molecule has 0 bridgehead atoms. The van der Waals surface area contributed by atoms with Crippen molar-refractivity contribution in [2.24, 2.45) is 0 Å². The summed E-state index contributed by atoms with van der Waals surface area (Å²) in [7, 11) is 0. The average Bonchev–Trinajstić information content (AvgIpc) is 3.21. The van der Waals surface area contributed by atoms with Gasteiger partial charge in [-0.25, -0.2) is 0 Å². The Kier molecular flexibility index (Phi) is 8.26. The van der Waals surface area contributed by atoms with Crippen LogP contribution in [0.5, 0.6) is 5.75 Å². The minimum atomic E-state index is -0.707. The highest BCUT2D eigenvalue weighted by Gasteiger charge is 2.30. The Balaban J connectivity index is 0.00000272. The Morgan fingerprint density at radius 3 is 2.77 bits per heavy atom. The highest BCUT2D eigenvalue weighted by Crippen LogP contribution is 2.30. The molecule has 7 nitrogen and oxygen atoms in total. The van der Waals surface area contributed by atoms with Crippen LogP contribution >= 0.6 is 0 Å². The van der Waals surface area contributed by atoms with Crippen LogP contribution < -0.4 is 4.74 Å².